The second kappa shape index (κ2) is 7.05. The quantitative estimate of drug-likeness (QED) is 0.845. The van der Waals surface area contributed by atoms with Gasteiger partial charge in [-0.2, -0.15) is 0 Å². The lowest BCUT2D eigenvalue weighted by atomic mass is 9.98. The van der Waals surface area contributed by atoms with Crippen molar-refractivity contribution in [3.05, 3.63) is 35.9 Å². The van der Waals surface area contributed by atoms with E-state index in [1.165, 1.54) is 0 Å². The number of aliphatic carboxylic acids is 1. The Kier molecular flexibility index (Phi) is 5.12. The van der Waals surface area contributed by atoms with Crippen LogP contribution in [0.5, 0.6) is 0 Å². The van der Waals surface area contributed by atoms with Crippen LogP contribution in [0, 0.1) is 5.92 Å². The van der Waals surface area contributed by atoms with E-state index in [-0.39, 0.29) is 18.4 Å². The lowest BCUT2D eigenvalue weighted by molar-refractivity contribution is -0.144. The molecule has 1 aliphatic rings. The summed E-state index contributed by atoms with van der Waals surface area (Å²) in [6.45, 7) is 2.04. The van der Waals surface area contributed by atoms with Crippen LogP contribution in [0.4, 0.5) is 0 Å². The number of hydrogen-bond donors (Lipinski definition) is 2. The topological polar surface area (TPSA) is 69.6 Å². The molecule has 1 atom stereocenters. The molecular weight excluding hydrogens is 256 g/mol. The van der Waals surface area contributed by atoms with Gasteiger partial charge in [0.15, 0.2) is 0 Å². The molecule has 0 bridgehead atoms. The summed E-state index contributed by atoms with van der Waals surface area (Å²) in [7, 11) is 0. The number of amides is 1. The molecule has 0 aliphatic carbocycles. The summed E-state index contributed by atoms with van der Waals surface area (Å²) in [4.78, 5) is 24.7. The van der Waals surface area contributed by atoms with Crippen molar-refractivity contribution < 1.29 is 14.7 Å². The molecule has 108 valence electrons. The maximum atomic E-state index is 11.9. The minimum Gasteiger partial charge on any atom is -0.481 e. The maximum absolute atomic E-state index is 11.9. The third kappa shape index (κ3) is 4.35. The van der Waals surface area contributed by atoms with Gasteiger partial charge < -0.3 is 10.4 Å². The Morgan fingerprint density at radius 2 is 2.05 bits per heavy atom. The Bertz CT molecular complexity index is 461. The summed E-state index contributed by atoms with van der Waals surface area (Å²) in [5.74, 6) is -1.16. The monoisotopic (exact) mass is 276 g/mol. The van der Waals surface area contributed by atoms with E-state index in [0.29, 0.717) is 19.5 Å². The van der Waals surface area contributed by atoms with E-state index in [9.17, 15) is 9.59 Å². The van der Waals surface area contributed by atoms with E-state index >= 15 is 0 Å². The lowest BCUT2D eigenvalue weighted by Crippen LogP contribution is -2.44. The Morgan fingerprint density at radius 1 is 1.30 bits per heavy atom. The van der Waals surface area contributed by atoms with Crippen LogP contribution < -0.4 is 5.32 Å². The van der Waals surface area contributed by atoms with Crippen molar-refractivity contribution in [1.29, 1.82) is 0 Å². The summed E-state index contributed by atoms with van der Waals surface area (Å²) in [6, 6.07) is 9.72. The zero-order valence-corrected chi connectivity index (χ0v) is 11.4. The highest BCUT2D eigenvalue weighted by molar-refractivity contribution is 5.78. The molecule has 5 nitrogen and oxygen atoms in total. The van der Waals surface area contributed by atoms with Crippen LogP contribution in [0.1, 0.15) is 18.4 Å². The molecule has 1 fully saturated rings. The summed E-state index contributed by atoms with van der Waals surface area (Å²) in [5.41, 5.74) is 1.06. The Labute approximate surface area is 118 Å². The number of carboxylic acids is 1. The second-order valence-electron chi connectivity index (χ2n) is 5.17. The lowest BCUT2D eigenvalue weighted by Gasteiger charge is -2.29. The van der Waals surface area contributed by atoms with Gasteiger partial charge >= 0.3 is 5.97 Å². The van der Waals surface area contributed by atoms with E-state index in [2.05, 4.69) is 5.32 Å². The highest BCUT2D eigenvalue weighted by atomic mass is 16.4. The van der Waals surface area contributed by atoms with Gasteiger partial charge in [-0.15, -0.1) is 0 Å². The number of hydrogen-bond acceptors (Lipinski definition) is 3. The van der Waals surface area contributed by atoms with Crippen LogP contribution in [0.3, 0.4) is 0 Å². The number of rotatable bonds is 5. The Balaban J connectivity index is 1.75. The average Bonchev–Trinajstić information content (AvgIpc) is 2.46. The minimum atomic E-state index is -0.764. The third-order valence-electron chi connectivity index (χ3n) is 3.55. The van der Waals surface area contributed by atoms with Crippen LogP contribution >= 0.6 is 0 Å². The first-order valence-electron chi connectivity index (χ1n) is 6.91. The zero-order chi connectivity index (χ0) is 14.4. The van der Waals surface area contributed by atoms with Gasteiger partial charge in [-0.25, -0.2) is 0 Å². The van der Waals surface area contributed by atoms with E-state index in [1.807, 2.05) is 35.2 Å². The van der Waals surface area contributed by atoms with Crippen molar-refractivity contribution in [2.75, 3.05) is 19.6 Å². The fourth-order valence-electron chi connectivity index (χ4n) is 2.46. The predicted molar refractivity (Wildman–Crippen MR) is 75.1 cm³/mol. The van der Waals surface area contributed by atoms with Crippen LogP contribution in [-0.4, -0.2) is 41.5 Å². The molecule has 0 radical (unpaired) electrons. The Morgan fingerprint density at radius 3 is 2.75 bits per heavy atom. The fraction of sp³-hybridized carbons (Fsp3) is 0.467. The van der Waals surface area contributed by atoms with Gasteiger partial charge in [-0.3, -0.25) is 14.5 Å². The zero-order valence-electron chi connectivity index (χ0n) is 11.4. The van der Waals surface area contributed by atoms with E-state index in [0.717, 1.165) is 18.5 Å². The van der Waals surface area contributed by atoms with Crippen LogP contribution in [0.15, 0.2) is 30.3 Å². The number of piperidine rings is 1. The van der Waals surface area contributed by atoms with E-state index in [1.54, 1.807) is 0 Å². The molecular formula is C15H20N2O3. The van der Waals surface area contributed by atoms with Crippen LogP contribution in [0.25, 0.3) is 0 Å². The van der Waals surface area contributed by atoms with E-state index in [4.69, 9.17) is 5.11 Å². The van der Waals surface area contributed by atoms with Gasteiger partial charge in [0.25, 0.3) is 0 Å². The molecule has 1 unspecified atom stereocenters. The predicted octanol–water partition coefficient (Wildman–Crippen LogP) is 1.10. The Hall–Kier alpha value is -1.88. The molecule has 20 heavy (non-hydrogen) atoms. The fourth-order valence-corrected chi connectivity index (χ4v) is 2.46. The molecule has 1 aromatic carbocycles. The number of nitrogens with one attached hydrogen (secondary N) is 1. The van der Waals surface area contributed by atoms with Crippen molar-refractivity contribution in [3.63, 3.8) is 0 Å². The molecule has 5 heteroatoms. The molecule has 2 rings (SSSR count). The average molecular weight is 276 g/mol. The van der Waals surface area contributed by atoms with Crippen molar-refractivity contribution in [3.8, 4) is 0 Å². The minimum absolute atomic E-state index is 0.0557. The second-order valence-corrected chi connectivity index (χ2v) is 5.17. The highest BCUT2D eigenvalue weighted by Gasteiger charge is 2.26. The molecule has 1 aromatic rings. The van der Waals surface area contributed by atoms with Crippen LogP contribution in [-0.2, 0) is 16.1 Å². The third-order valence-corrected chi connectivity index (χ3v) is 3.55. The van der Waals surface area contributed by atoms with E-state index < -0.39 is 5.97 Å². The molecule has 1 saturated heterocycles. The maximum Gasteiger partial charge on any atom is 0.307 e. The van der Waals surface area contributed by atoms with Crippen molar-refractivity contribution >= 4 is 11.9 Å². The molecule has 0 spiro atoms. The van der Waals surface area contributed by atoms with Gasteiger partial charge in [0.2, 0.25) is 5.91 Å². The smallest absolute Gasteiger partial charge is 0.307 e. The number of likely N-dealkylation sites (tertiary alicyclic amines) is 1. The first-order valence-corrected chi connectivity index (χ1v) is 6.91. The molecule has 0 saturated carbocycles. The van der Waals surface area contributed by atoms with Crippen molar-refractivity contribution in [2.45, 2.75) is 19.4 Å². The SMILES string of the molecule is O=C(CN1CCCC(C(=O)O)C1)NCc1ccccc1. The van der Waals surface area contributed by atoms with Crippen molar-refractivity contribution in [2.24, 2.45) is 5.92 Å². The molecule has 1 heterocycles. The summed E-state index contributed by atoms with van der Waals surface area (Å²) in [6.07, 6.45) is 1.54. The summed E-state index contributed by atoms with van der Waals surface area (Å²) < 4.78 is 0. The molecule has 1 amide bonds. The number of carboxylic acid groups (broad SMARTS) is 1. The van der Waals surface area contributed by atoms with Crippen LogP contribution in [0.2, 0.25) is 0 Å². The van der Waals surface area contributed by atoms with Gasteiger partial charge in [-0.05, 0) is 24.9 Å². The van der Waals surface area contributed by atoms with Gasteiger partial charge in [0.05, 0.1) is 12.5 Å². The van der Waals surface area contributed by atoms with Gasteiger partial charge in [-0.1, -0.05) is 30.3 Å². The molecule has 1 aliphatic heterocycles. The first-order chi connectivity index (χ1) is 9.65. The molecule has 2 N–H and O–H groups in total. The summed E-state index contributed by atoms with van der Waals surface area (Å²) >= 11 is 0. The number of benzene rings is 1. The molecule has 0 aromatic heterocycles. The summed E-state index contributed by atoms with van der Waals surface area (Å²) in [5, 5.41) is 11.9. The number of carbonyl (C=O) groups is 2. The first kappa shape index (κ1) is 14.5. The standard InChI is InChI=1S/C15H20N2O3/c18-14(16-9-12-5-2-1-3-6-12)11-17-8-4-7-13(10-17)15(19)20/h1-3,5-6,13H,4,7-11H2,(H,16,18)(H,19,20). The highest BCUT2D eigenvalue weighted by Crippen LogP contribution is 2.16. The largest absolute Gasteiger partial charge is 0.481 e. The number of carbonyl (C=O) groups excluding carboxylic acids is 1. The number of nitrogens with zero attached hydrogens (tertiary/aromatic N) is 1. The van der Waals surface area contributed by atoms with Crippen molar-refractivity contribution in [1.82, 2.24) is 10.2 Å². The normalized spacial score (nSPS) is 19.5. The van der Waals surface area contributed by atoms with Gasteiger partial charge in [0, 0.05) is 13.1 Å². The van der Waals surface area contributed by atoms with Gasteiger partial charge in [0.1, 0.15) is 0 Å².